The number of rotatable bonds is 8. The molecule has 0 saturated carbocycles. The Labute approximate surface area is 205 Å². The summed E-state index contributed by atoms with van der Waals surface area (Å²) in [4.78, 5) is 40.9. The van der Waals surface area contributed by atoms with E-state index < -0.39 is 17.7 Å². The SMILES string of the molecule is COC(=O)c1ccc(NC(=O)c2cccc(-c3cc(C(=O)Cc4ccncc4F)ccc3CN)c2)o1. The van der Waals surface area contributed by atoms with Crippen molar-refractivity contribution >= 4 is 23.5 Å². The number of nitrogens with zero attached hydrogens (tertiary/aromatic N) is 1. The van der Waals surface area contributed by atoms with E-state index in [2.05, 4.69) is 15.0 Å². The van der Waals surface area contributed by atoms with Crippen LogP contribution in [0.15, 0.2) is 77.5 Å². The highest BCUT2D eigenvalue weighted by Crippen LogP contribution is 2.27. The van der Waals surface area contributed by atoms with E-state index in [1.165, 1.54) is 31.5 Å². The van der Waals surface area contributed by atoms with Gasteiger partial charge in [0, 0.05) is 36.4 Å². The first-order valence-corrected chi connectivity index (χ1v) is 10.9. The maximum absolute atomic E-state index is 14.0. The lowest BCUT2D eigenvalue weighted by Gasteiger charge is -2.12. The summed E-state index contributed by atoms with van der Waals surface area (Å²) in [6.45, 7) is 0.210. The molecule has 2 aromatic heterocycles. The molecule has 0 bridgehead atoms. The van der Waals surface area contributed by atoms with E-state index in [0.29, 0.717) is 22.3 Å². The van der Waals surface area contributed by atoms with Gasteiger partial charge in [0.25, 0.3) is 5.91 Å². The fourth-order valence-corrected chi connectivity index (χ4v) is 3.65. The monoisotopic (exact) mass is 487 g/mol. The Balaban J connectivity index is 1.59. The van der Waals surface area contributed by atoms with Gasteiger partial charge in [0.05, 0.1) is 13.3 Å². The van der Waals surface area contributed by atoms with Crippen LogP contribution in [-0.4, -0.2) is 29.8 Å². The molecule has 0 aliphatic carbocycles. The van der Waals surface area contributed by atoms with Crippen molar-refractivity contribution in [3.63, 3.8) is 0 Å². The standard InChI is InChI=1S/C27H22FN3O5/c1-35-27(34)24-7-8-25(36-24)31-26(33)19-4-2-3-16(11-19)21-12-18(5-6-20(21)14-29)23(32)13-17-9-10-30-15-22(17)28/h2-12,15H,13-14,29H2,1H3,(H,31,33). The number of furan rings is 1. The lowest BCUT2D eigenvalue weighted by Crippen LogP contribution is -2.11. The number of carbonyl (C=O) groups excluding carboxylic acids is 3. The Morgan fingerprint density at radius 2 is 1.86 bits per heavy atom. The van der Waals surface area contributed by atoms with E-state index in [0.717, 1.165) is 11.8 Å². The fourth-order valence-electron chi connectivity index (χ4n) is 3.65. The van der Waals surface area contributed by atoms with Crippen LogP contribution in [0.5, 0.6) is 0 Å². The summed E-state index contributed by atoms with van der Waals surface area (Å²) in [5.41, 5.74) is 9.01. The number of anilines is 1. The van der Waals surface area contributed by atoms with Crippen molar-refractivity contribution in [2.45, 2.75) is 13.0 Å². The largest absolute Gasteiger partial charge is 0.463 e. The summed E-state index contributed by atoms with van der Waals surface area (Å²) in [5.74, 6) is -1.88. The van der Waals surface area contributed by atoms with E-state index in [4.69, 9.17) is 10.2 Å². The minimum absolute atomic E-state index is 0.0396. The van der Waals surface area contributed by atoms with Gasteiger partial charge in [-0.25, -0.2) is 9.18 Å². The van der Waals surface area contributed by atoms with Gasteiger partial charge in [-0.3, -0.25) is 19.9 Å². The van der Waals surface area contributed by atoms with E-state index >= 15 is 0 Å². The molecule has 8 nitrogen and oxygen atoms in total. The van der Waals surface area contributed by atoms with Crippen LogP contribution < -0.4 is 11.1 Å². The van der Waals surface area contributed by atoms with Gasteiger partial charge in [0.1, 0.15) is 5.82 Å². The van der Waals surface area contributed by atoms with Crippen molar-refractivity contribution in [1.29, 1.82) is 0 Å². The molecule has 36 heavy (non-hydrogen) atoms. The van der Waals surface area contributed by atoms with Crippen molar-refractivity contribution < 1.29 is 27.9 Å². The van der Waals surface area contributed by atoms with Gasteiger partial charge in [-0.2, -0.15) is 0 Å². The zero-order valence-electron chi connectivity index (χ0n) is 19.3. The normalized spacial score (nSPS) is 10.6. The Hall–Kier alpha value is -4.63. The number of esters is 1. The Kier molecular flexibility index (Phi) is 7.31. The van der Waals surface area contributed by atoms with Crippen molar-refractivity contribution in [2.24, 2.45) is 5.73 Å². The number of Topliss-reactive ketones (excluding diaryl/α,β-unsaturated/α-hetero) is 1. The van der Waals surface area contributed by atoms with Crippen LogP contribution in [-0.2, 0) is 17.7 Å². The van der Waals surface area contributed by atoms with Crippen LogP contribution in [0.4, 0.5) is 10.3 Å². The van der Waals surface area contributed by atoms with Gasteiger partial charge < -0.3 is 14.9 Å². The van der Waals surface area contributed by atoms with Crippen LogP contribution in [0.25, 0.3) is 11.1 Å². The molecule has 0 spiro atoms. The highest BCUT2D eigenvalue weighted by Gasteiger charge is 2.16. The molecular weight excluding hydrogens is 465 g/mol. The van der Waals surface area contributed by atoms with E-state index in [1.54, 1.807) is 42.5 Å². The van der Waals surface area contributed by atoms with E-state index in [9.17, 15) is 18.8 Å². The van der Waals surface area contributed by atoms with Gasteiger partial charge >= 0.3 is 5.97 Å². The molecule has 2 aromatic carbocycles. The van der Waals surface area contributed by atoms with Crippen LogP contribution in [0.3, 0.4) is 0 Å². The first kappa shape index (κ1) is 24.5. The van der Waals surface area contributed by atoms with Crippen LogP contribution in [0.1, 0.15) is 42.4 Å². The molecule has 0 aliphatic heterocycles. The number of benzene rings is 2. The second kappa shape index (κ2) is 10.7. The zero-order chi connectivity index (χ0) is 25.7. The molecule has 3 N–H and O–H groups in total. The number of methoxy groups -OCH3 is 1. The number of ether oxygens (including phenoxy) is 1. The van der Waals surface area contributed by atoms with Crippen molar-refractivity contribution in [1.82, 2.24) is 4.98 Å². The maximum Gasteiger partial charge on any atom is 0.374 e. The number of ketones is 1. The lowest BCUT2D eigenvalue weighted by molar-refractivity contribution is 0.0565. The topological polar surface area (TPSA) is 125 Å². The number of aromatic nitrogens is 1. The summed E-state index contributed by atoms with van der Waals surface area (Å²) in [6.07, 6.45) is 2.39. The first-order valence-electron chi connectivity index (χ1n) is 10.9. The second-order valence-corrected chi connectivity index (χ2v) is 7.83. The third kappa shape index (κ3) is 5.37. The summed E-state index contributed by atoms with van der Waals surface area (Å²) in [7, 11) is 1.23. The average molecular weight is 487 g/mol. The zero-order valence-corrected chi connectivity index (χ0v) is 19.3. The molecule has 0 fully saturated rings. The summed E-state index contributed by atoms with van der Waals surface area (Å²) < 4.78 is 23.8. The summed E-state index contributed by atoms with van der Waals surface area (Å²) in [5, 5.41) is 2.59. The molecule has 1 amide bonds. The second-order valence-electron chi connectivity index (χ2n) is 7.83. The maximum atomic E-state index is 14.0. The summed E-state index contributed by atoms with van der Waals surface area (Å²) in [6, 6.07) is 16.2. The van der Waals surface area contributed by atoms with Gasteiger partial charge in [0.15, 0.2) is 5.78 Å². The molecule has 182 valence electrons. The quantitative estimate of drug-likeness (QED) is 0.279. The molecular formula is C27H22FN3O5. The number of amides is 1. The van der Waals surface area contributed by atoms with E-state index in [-0.39, 0.29) is 36.0 Å². The molecule has 0 atom stereocenters. The molecule has 0 saturated heterocycles. The smallest absolute Gasteiger partial charge is 0.374 e. The fraction of sp³-hybridized carbons (Fsp3) is 0.111. The minimum Gasteiger partial charge on any atom is -0.463 e. The molecule has 4 aromatic rings. The van der Waals surface area contributed by atoms with Gasteiger partial charge in [-0.15, -0.1) is 0 Å². The number of pyridine rings is 1. The number of halogens is 1. The summed E-state index contributed by atoms with van der Waals surface area (Å²) >= 11 is 0. The molecule has 0 aliphatic rings. The number of nitrogens with two attached hydrogens (primary N) is 1. The molecule has 4 rings (SSSR count). The van der Waals surface area contributed by atoms with Crippen molar-refractivity contribution in [2.75, 3.05) is 12.4 Å². The number of hydrogen-bond donors (Lipinski definition) is 2. The van der Waals surface area contributed by atoms with Crippen LogP contribution in [0.2, 0.25) is 0 Å². The van der Waals surface area contributed by atoms with Crippen LogP contribution >= 0.6 is 0 Å². The Morgan fingerprint density at radius 3 is 2.61 bits per heavy atom. The molecule has 9 heteroatoms. The predicted octanol–water partition coefficient (Wildman–Crippen LogP) is 4.40. The third-order valence-electron chi connectivity index (χ3n) is 5.52. The van der Waals surface area contributed by atoms with Gasteiger partial charge in [-0.1, -0.05) is 24.3 Å². The van der Waals surface area contributed by atoms with E-state index in [1.807, 2.05) is 0 Å². The van der Waals surface area contributed by atoms with Crippen molar-refractivity contribution in [3.05, 3.63) is 107 Å². The average Bonchev–Trinajstić information content (AvgIpc) is 3.37. The van der Waals surface area contributed by atoms with Crippen molar-refractivity contribution in [3.8, 4) is 11.1 Å². The van der Waals surface area contributed by atoms with Crippen LogP contribution in [0, 0.1) is 5.82 Å². The van der Waals surface area contributed by atoms with Gasteiger partial charge in [-0.05, 0) is 52.6 Å². The third-order valence-corrected chi connectivity index (χ3v) is 5.52. The number of nitrogens with one attached hydrogen (secondary N) is 1. The van der Waals surface area contributed by atoms with Gasteiger partial charge in [0.2, 0.25) is 11.6 Å². The Bertz CT molecular complexity index is 1450. The minimum atomic E-state index is -0.659. The highest BCUT2D eigenvalue weighted by molar-refractivity contribution is 6.05. The number of hydrogen-bond acceptors (Lipinski definition) is 7. The Morgan fingerprint density at radius 1 is 1.03 bits per heavy atom. The first-order chi connectivity index (χ1) is 17.4. The number of carbonyl (C=O) groups is 3. The molecule has 0 unspecified atom stereocenters. The highest BCUT2D eigenvalue weighted by atomic mass is 19.1. The predicted molar refractivity (Wildman–Crippen MR) is 130 cm³/mol. The molecule has 0 radical (unpaired) electrons. The molecule has 2 heterocycles. The lowest BCUT2D eigenvalue weighted by atomic mass is 9.93.